The zero-order valence-electron chi connectivity index (χ0n) is 16.0. The van der Waals surface area contributed by atoms with Crippen LogP contribution in [-0.4, -0.2) is 72.1 Å². The molecule has 0 unspecified atom stereocenters. The van der Waals surface area contributed by atoms with Crippen LogP contribution in [0.4, 0.5) is 0 Å². The van der Waals surface area contributed by atoms with Gasteiger partial charge in [0.2, 0.25) is 0 Å². The van der Waals surface area contributed by atoms with Crippen molar-refractivity contribution in [3.05, 3.63) is 33.2 Å². The number of rotatable bonds is 3. The SMILES string of the molecule is Cc1cc(C)c(C(=O)N2CCCN(S(=O)(=O)N3CCCCC3)CC2)c(=O)[nH]1. The molecule has 150 valence electrons. The maximum atomic E-state index is 12.9. The van der Waals surface area contributed by atoms with E-state index in [9.17, 15) is 18.0 Å². The lowest BCUT2D eigenvalue weighted by Gasteiger charge is -2.31. The fourth-order valence-corrected chi connectivity index (χ4v) is 5.58. The number of pyridine rings is 1. The Kier molecular flexibility index (Phi) is 6.02. The smallest absolute Gasteiger partial charge is 0.282 e. The summed E-state index contributed by atoms with van der Waals surface area (Å²) in [5, 5.41) is 0. The van der Waals surface area contributed by atoms with E-state index in [0.717, 1.165) is 19.3 Å². The van der Waals surface area contributed by atoms with Crippen molar-refractivity contribution in [2.75, 3.05) is 39.3 Å². The third-order valence-corrected chi connectivity index (χ3v) is 7.32. The monoisotopic (exact) mass is 396 g/mol. The van der Waals surface area contributed by atoms with Crippen molar-refractivity contribution >= 4 is 16.1 Å². The average molecular weight is 397 g/mol. The highest BCUT2D eigenvalue weighted by Gasteiger charge is 2.33. The molecule has 0 aromatic carbocycles. The van der Waals surface area contributed by atoms with Gasteiger partial charge in [-0.1, -0.05) is 6.42 Å². The first-order valence-electron chi connectivity index (χ1n) is 9.56. The Bertz CT molecular complexity index is 859. The summed E-state index contributed by atoms with van der Waals surface area (Å²) in [5.74, 6) is -0.328. The maximum Gasteiger partial charge on any atom is 0.282 e. The molecule has 1 aromatic rings. The van der Waals surface area contributed by atoms with Gasteiger partial charge in [-0.2, -0.15) is 17.0 Å². The van der Waals surface area contributed by atoms with Crippen LogP contribution in [0.25, 0.3) is 0 Å². The van der Waals surface area contributed by atoms with Gasteiger partial charge in [-0.3, -0.25) is 9.59 Å². The second-order valence-electron chi connectivity index (χ2n) is 7.35. The summed E-state index contributed by atoms with van der Waals surface area (Å²) in [4.78, 5) is 29.4. The molecule has 1 N–H and O–H groups in total. The Labute approximate surface area is 160 Å². The molecule has 3 rings (SSSR count). The van der Waals surface area contributed by atoms with E-state index in [4.69, 9.17) is 0 Å². The molecule has 0 bridgehead atoms. The fraction of sp³-hybridized carbons (Fsp3) is 0.667. The van der Waals surface area contributed by atoms with Crippen molar-refractivity contribution in [2.45, 2.75) is 39.5 Å². The zero-order chi connectivity index (χ0) is 19.6. The molecular formula is C18H28N4O4S. The van der Waals surface area contributed by atoms with Crippen LogP contribution in [0.5, 0.6) is 0 Å². The van der Waals surface area contributed by atoms with Crippen LogP contribution in [0.3, 0.4) is 0 Å². The number of hydrogen-bond donors (Lipinski definition) is 1. The van der Waals surface area contributed by atoms with E-state index in [0.29, 0.717) is 50.4 Å². The normalized spacial score (nSPS) is 20.4. The molecule has 0 spiro atoms. The van der Waals surface area contributed by atoms with Gasteiger partial charge in [0, 0.05) is 45.0 Å². The van der Waals surface area contributed by atoms with E-state index >= 15 is 0 Å². The number of H-pyrrole nitrogens is 1. The number of nitrogens with zero attached hydrogens (tertiary/aromatic N) is 3. The number of aromatic amines is 1. The lowest BCUT2D eigenvalue weighted by atomic mass is 10.1. The first-order valence-corrected chi connectivity index (χ1v) is 11.0. The molecular weight excluding hydrogens is 368 g/mol. The number of aromatic nitrogens is 1. The van der Waals surface area contributed by atoms with Gasteiger partial charge in [0.25, 0.3) is 21.7 Å². The Hall–Kier alpha value is -1.71. The average Bonchev–Trinajstić information content (AvgIpc) is 2.88. The predicted molar refractivity (Wildman–Crippen MR) is 103 cm³/mol. The third kappa shape index (κ3) is 4.25. The number of carbonyl (C=O) groups is 1. The number of carbonyl (C=O) groups excluding carboxylic acids is 1. The van der Waals surface area contributed by atoms with Crippen molar-refractivity contribution in [1.29, 1.82) is 0 Å². The van der Waals surface area contributed by atoms with Crippen LogP contribution in [-0.2, 0) is 10.2 Å². The highest BCUT2D eigenvalue weighted by atomic mass is 32.2. The van der Waals surface area contributed by atoms with Crippen molar-refractivity contribution in [3.8, 4) is 0 Å². The largest absolute Gasteiger partial charge is 0.337 e. The van der Waals surface area contributed by atoms with Crippen molar-refractivity contribution < 1.29 is 13.2 Å². The van der Waals surface area contributed by atoms with Crippen LogP contribution in [0, 0.1) is 13.8 Å². The predicted octanol–water partition coefficient (Wildman–Crippen LogP) is 0.870. The van der Waals surface area contributed by atoms with Gasteiger partial charge in [0.1, 0.15) is 5.56 Å². The van der Waals surface area contributed by atoms with Gasteiger partial charge < -0.3 is 9.88 Å². The van der Waals surface area contributed by atoms with E-state index in [2.05, 4.69) is 4.98 Å². The highest BCUT2D eigenvalue weighted by Crippen LogP contribution is 2.19. The number of amides is 1. The summed E-state index contributed by atoms with van der Waals surface area (Å²) < 4.78 is 28.8. The fourth-order valence-electron chi connectivity index (χ4n) is 3.86. The van der Waals surface area contributed by atoms with Crippen LogP contribution in [0.2, 0.25) is 0 Å². The Morgan fingerprint density at radius 3 is 2.22 bits per heavy atom. The van der Waals surface area contributed by atoms with E-state index in [1.54, 1.807) is 29.1 Å². The number of hydrogen-bond acceptors (Lipinski definition) is 4. The summed E-state index contributed by atoms with van der Waals surface area (Å²) in [6.07, 6.45) is 3.42. The van der Waals surface area contributed by atoms with Crippen LogP contribution >= 0.6 is 0 Å². The molecule has 1 amide bonds. The molecule has 3 heterocycles. The van der Waals surface area contributed by atoms with E-state index in [1.165, 1.54) is 4.31 Å². The Morgan fingerprint density at radius 2 is 1.56 bits per heavy atom. The standard InChI is InChI=1S/C18H28N4O4S/c1-14-13-15(2)19-17(23)16(14)18(24)20-7-6-10-22(12-11-20)27(25,26)21-8-4-3-5-9-21/h13H,3-12H2,1-2H3,(H,19,23). The Morgan fingerprint density at radius 1 is 0.926 bits per heavy atom. The van der Waals surface area contributed by atoms with Gasteiger partial charge in [-0.15, -0.1) is 0 Å². The highest BCUT2D eigenvalue weighted by molar-refractivity contribution is 7.86. The summed E-state index contributed by atoms with van der Waals surface area (Å²) in [6.45, 7) is 6.05. The molecule has 2 saturated heterocycles. The van der Waals surface area contributed by atoms with Gasteiger partial charge in [-0.05, 0) is 44.7 Å². The van der Waals surface area contributed by atoms with Crippen molar-refractivity contribution in [1.82, 2.24) is 18.5 Å². The summed E-state index contributed by atoms with van der Waals surface area (Å²) in [7, 11) is -3.48. The summed E-state index contributed by atoms with van der Waals surface area (Å²) >= 11 is 0. The molecule has 0 radical (unpaired) electrons. The van der Waals surface area contributed by atoms with Crippen molar-refractivity contribution in [2.24, 2.45) is 0 Å². The molecule has 9 heteroatoms. The topological polar surface area (TPSA) is 93.8 Å². The second-order valence-corrected chi connectivity index (χ2v) is 9.28. The second kappa shape index (κ2) is 8.12. The molecule has 2 aliphatic heterocycles. The van der Waals surface area contributed by atoms with Crippen molar-refractivity contribution in [3.63, 3.8) is 0 Å². The number of piperidine rings is 1. The Balaban J connectivity index is 1.73. The minimum Gasteiger partial charge on any atom is -0.337 e. The molecule has 0 aliphatic carbocycles. The van der Waals surface area contributed by atoms with Gasteiger partial charge >= 0.3 is 0 Å². The van der Waals surface area contributed by atoms with Gasteiger partial charge in [0.05, 0.1) is 0 Å². The van der Waals surface area contributed by atoms with Crippen LogP contribution in [0.1, 0.15) is 47.3 Å². The number of nitrogens with one attached hydrogen (secondary N) is 1. The molecule has 0 saturated carbocycles. The molecule has 0 atom stereocenters. The molecule has 2 fully saturated rings. The van der Waals surface area contributed by atoms with Gasteiger partial charge in [0.15, 0.2) is 0 Å². The first kappa shape index (κ1) is 20.0. The summed E-state index contributed by atoms with van der Waals surface area (Å²) in [6, 6.07) is 1.78. The maximum absolute atomic E-state index is 12.9. The summed E-state index contributed by atoms with van der Waals surface area (Å²) in [5.41, 5.74) is 1.11. The molecule has 2 aliphatic rings. The quantitative estimate of drug-likeness (QED) is 0.820. The van der Waals surface area contributed by atoms with Crippen LogP contribution < -0.4 is 5.56 Å². The van der Waals surface area contributed by atoms with Crippen LogP contribution in [0.15, 0.2) is 10.9 Å². The number of aryl methyl sites for hydroxylation is 2. The molecule has 1 aromatic heterocycles. The molecule has 27 heavy (non-hydrogen) atoms. The lowest BCUT2D eigenvalue weighted by Crippen LogP contribution is -2.47. The lowest BCUT2D eigenvalue weighted by molar-refractivity contribution is 0.0761. The minimum atomic E-state index is -3.48. The zero-order valence-corrected chi connectivity index (χ0v) is 16.8. The third-order valence-electron chi connectivity index (χ3n) is 5.29. The minimum absolute atomic E-state index is 0.146. The van der Waals surface area contributed by atoms with Gasteiger partial charge in [-0.25, -0.2) is 0 Å². The van der Waals surface area contributed by atoms with E-state index in [-0.39, 0.29) is 23.6 Å². The van der Waals surface area contributed by atoms with E-state index < -0.39 is 10.2 Å². The first-order chi connectivity index (χ1) is 12.8. The molecule has 8 nitrogen and oxygen atoms in total. The van der Waals surface area contributed by atoms with E-state index in [1.807, 2.05) is 0 Å².